The lowest BCUT2D eigenvalue weighted by Gasteiger charge is -2.33. The number of hydrogen-bond donors (Lipinski definition) is 2. The second-order valence-corrected chi connectivity index (χ2v) is 5.31. The molecule has 102 valence electrons. The van der Waals surface area contributed by atoms with Gasteiger partial charge in [-0.3, -0.25) is 0 Å². The summed E-state index contributed by atoms with van der Waals surface area (Å²) in [6, 6.07) is 7.00. The molecule has 0 unspecified atom stereocenters. The topological polar surface area (TPSA) is 65.1 Å². The molecule has 0 saturated heterocycles. The summed E-state index contributed by atoms with van der Waals surface area (Å²) in [7, 11) is 2.01. The Balaban J connectivity index is 1.96. The van der Waals surface area contributed by atoms with Crippen molar-refractivity contribution in [2.24, 2.45) is 0 Å². The van der Waals surface area contributed by atoms with E-state index in [1.54, 1.807) is 10.7 Å². The maximum atomic E-state index is 9.31. The fourth-order valence-electron chi connectivity index (χ4n) is 3.06. The molecule has 20 heavy (non-hydrogen) atoms. The molecule has 1 saturated carbocycles. The van der Waals surface area contributed by atoms with Crippen LogP contribution < -0.4 is 10.5 Å². The average molecular weight is 267 g/mol. The summed E-state index contributed by atoms with van der Waals surface area (Å²) >= 11 is 0. The van der Waals surface area contributed by atoms with E-state index < -0.39 is 0 Å². The number of fused-ring (bicyclic) bond motifs is 1. The van der Waals surface area contributed by atoms with Gasteiger partial charge in [-0.25, -0.2) is 4.52 Å². The van der Waals surface area contributed by atoms with Gasteiger partial charge in [0.2, 0.25) is 0 Å². The molecule has 1 fully saturated rings. The number of nitrogens with one attached hydrogen (secondary N) is 2. The van der Waals surface area contributed by atoms with E-state index in [0.29, 0.717) is 17.6 Å². The summed E-state index contributed by atoms with van der Waals surface area (Å²) in [6.07, 6.45) is 8.35. The smallest absolute Gasteiger partial charge is 0.182 e. The van der Waals surface area contributed by atoms with Crippen LogP contribution in [-0.4, -0.2) is 29.7 Å². The quantitative estimate of drug-likeness (QED) is 0.816. The zero-order valence-electron chi connectivity index (χ0n) is 11.6. The first kappa shape index (κ1) is 13.0. The second-order valence-electron chi connectivity index (χ2n) is 5.31. The number of anilines is 1. The zero-order valence-corrected chi connectivity index (χ0v) is 11.6. The van der Waals surface area contributed by atoms with Gasteiger partial charge < -0.3 is 10.5 Å². The minimum atomic E-state index is 0.363. The molecule has 1 aliphatic carbocycles. The molecule has 0 spiro atoms. The molecule has 0 amide bonds. The zero-order chi connectivity index (χ0) is 13.9. The first-order chi connectivity index (χ1) is 9.83. The monoisotopic (exact) mass is 267 g/mol. The van der Waals surface area contributed by atoms with Crippen molar-refractivity contribution in [3.05, 3.63) is 30.1 Å². The van der Waals surface area contributed by atoms with E-state index in [1.165, 1.54) is 19.3 Å². The molecule has 2 aromatic heterocycles. The van der Waals surface area contributed by atoms with Crippen LogP contribution in [0.5, 0.6) is 0 Å². The number of rotatable bonds is 3. The van der Waals surface area contributed by atoms with Crippen molar-refractivity contribution in [3.63, 3.8) is 0 Å². The Morgan fingerprint density at radius 3 is 2.90 bits per heavy atom. The third kappa shape index (κ3) is 2.25. The number of hydrogen-bond acceptors (Lipinski definition) is 4. The summed E-state index contributed by atoms with van der Waals surface area (Å²) in [5, 5.41) is 20.5. The average Bonchev–Trinajstić information content (AvgIpc) is 2.97. The van der Waals surface area contributed by atoms with E-state index in [4.69, 9.17) is 0 Å². The van der Waals surface area contributed by atoms with Crippen LogP contribution >= 0.6 is 0 Å². The maximum absolute atomic E-state index is 9.31. The van der Waals surface area contributed by atoms with Crippen LogP contribution in [0.1, 0.15) is 31.2 Å². The molecule has 2 N–H and O–H groups in total. The summed E-state index contributed by atoms with van der Waals surface area (Å²) < 4.78 is 1.81. The Labute approximate surface area is 119 Å². The predicted octanol–water partition coefficient (Wildman–Crippen LogP) is 1.07. The molecule has 0 radical (unpaired) electrons. The van der Waals surface area contributed by atoms with E-state index in [0.717, 1.165) is 17.6 Å². The third-order valence-corrected chi connectivity index (χ3v) is 4.15. The molecular formula is C14H18BN5. The molecule has 5 nitrogen and oxygen atoms in total. The van der Waals surface area contributed by atoms with Gasteiger partial charge in [0.25, 0.3) is 0 Å². The normalized spacial score (nSPS) is 22.6. The summed E-state index contributed by atoms with van der Waals surface area (Å²) in [4.78, 5) is 0. The van der Waals surface area contributed by atoms with Crippen LogP contribution in [0.25, 0.3) is 5.52 Å². The van der Waals surface area contributed by atoms with Crippen LogP contribution in [0.15, 0.2) is 24.5 Å². The largest absolute Gasteiger partial charge is 0.378 e. The number of aromatic nitrogens is 2. The molecule has 2 aromatic rings. The molecular weight excluding hydrogens is 249 g/mol. The minimum Gasteiger partial charge on any atom is -0.378 e. The highest BCUT2D eigenvalue weighted by Gasteiger charge is 2.24. The number of nitriles is 1. The third-order valence-electron chi connectivity index (χ3n) is 4.15. The van der Waals surface area contributed by atoms with Crippen molar-refractivity contribution in [2.45, 2.75) is 37.8 Å². The second kappa shape index (κ2) is 5.55. The van der Waals surface area contributed by atoms with Crippen LogP contribution in [0, 0.1) is 11.3 Å². The molecule has 6 heteroatoms. The van der Waals surface area contributed by atoms with Crippen molar-refractivity contribution in [1.29, 1.82) is 5.26 Å². The fraction of sp³-hybridized carbons (Fsp3) is 0.429. The summed E-state index contributed by atoms with van der Waals surface area (Å²) in [6.45, 7) is 0. The molecule has 1 aliphatic rings. The van der Waals surface area contributed by atoms with Gasteiger partial charge in [0.15, 0.2) is 7.98 Å². The molecule has 3 rings (SSSR count). The molecule has 2 heterocycles. The highest BCUT2D eigenvalue weighted by Crippen LogP contribution is 2.27. The first-order valence-corrected chi connectivity index (χ1v) is 7.13. The Morgan fingerprint density at radius 2 is 2.15 bits per heavy atom. The van der Waals surface area contributed by atoms with Crippen LogP contribution in [0.2, 0.25) is 0 Å². The van der Waals surface area contributed by atoms with Crippen LogP contribution in [0.3, 0.4) is 0 Å². The standard InChI is InChI=1S/C14H18BN5/c15-19-12-5-2-1-4-11(12)18-14-10(8-16)9-17-20-7-3-6-13(14)20/h3,6-7,9,11-12,18-19H,1-2,4-5,15H2/t11-,12-/m1/s1. The predicted molar refractivity (Wildman–Crippen MR) is 81.3 cm³/mol. The minimum absolute atomic E-state index is 0.363. The highest BCUT2D eigenvalue weighted by atomic mass is 15.2. The lowest BCUT2D eigenvalue weighted by molar-refractivity contribution is 0.384. The van der Waals surface area contributed by atoms with Gasteiger partial charge in [0.05, 0.1) is 23.0 Å². The fourth-order valence-corrected chi connectivity index (χ4v) is 3.06. The van der Waals surface area contributed by atoms with Crippen molar-refractivity contribution in [2.75, 3.05) is 5.32 Å². The highest BCUT2D eigenvalue weighted by molar-refractivity contribution is 6.04. The molecule has 0 bridgehead atoms. The van der Waals surface area contributed by atoms with E-state index >= 15 is 0 Å². The van der Waals surface area contributed by atoms with Crippen molar-refractivity contribution < 1.29 is 0 Å². The molecule has 2 atom stereocenters. The maximum Gasteiger partial charge on any atom is 0.182 e. The van der Waals surface area contributed by atoms with Gasteiger partial charge in [0, 0.05) is 18.3 Å². The van der Waals surface area contributed by atoms with Gasteiger partial charge >= 0.3 is 0 Å². The Bertz CT molecular complexity index is 645. The van der Waals surface area contributed by atoms with Crippen molar-refractivity contribution in [1.82, 2.24) is 14.8 Å². The van der Waals surface area contributed by atoms with Crippen LogP contribution in [-0.2, 0) is 0 Å². The lowest BCUT2D eigenvalue weighted by atomic mass is 9.89. The molecule has 0 aromatic carbocycles. The number of nitrogens with zero attached hydrogens (tertiary/aromatic N) is 3. The van der Waals surface area contributed by atoms with Crippen molar-refractivity contribution >= 4 is 19.2 Å². The van der Waals surface area contributed by atoms with Gasteiger partial charge in [-0.15, -0.1) is 0 Å². The Hall–Kier alpha value is -2.00. The Kier molecular flexibility index (Phi) is 3.61. The summed E-state index contributed by atoms with van der Waals surface area (Å²) in [5.74, 6) is 0. The van der Waals surface area contributed by atoms with E-state index in [2.05, 4.69) is 21.7 Å². The van der Waals surface area contributed by atoms with Crippen molar-refractivity contribution in [3.8, 4) is 6.07 Å². The van der Waals surface area contributed by atoms with Gasteiger partial charge in [-0.05, 0) is 25.0 Å². The lowest BCUT2D eigenvalue weighted by Crippen LogP contribution is -2.45. The van der Waals surface area contributed by atoms with E-state index in [9.17, 15) is 5.26 Å². The SMILES string of the molecule is BN[C@@H]1CCCC[C@H]1Nc1c(C#N)cnn2cccc12. The van der Waals surface area contributed by atoms with E-state index in [1.807, 2.05) is 26.3 Å². The van der Waals surface area contributed by atoms with Gasteiger partial charge in [-0.1, -0.05) is 12.8 Å². The summed E-state index contributed by atoms with van der Waals surface area (Å²) in [5.41, 5.74) is 2.47. The van der Waals surface area contributed by atoms with Gasteiger partial charge in [0.1, 0.15) is 6.07 Å². The Morgan fingerprint density at radius 1 is 1.35 bits per heavy atom. The van der Waals surface area contributed by atoms with E-state index in [-0.39, 0.29) is 0 Å². The van der Waals surface area contributed by atoms with Crippen LogP contribution in [0.4, 0.5) is 5.69 Å². The molecule has 0 aliphatic heterocycles. The van der Waals surface area contributed by atoms with Gasteiger partial charge in [-0.2, -0.15) is 10.4 Å². The first-order valence-electron chi connectivity index (χ1n) is 7.13.